The molecule has 104 valence electrons. The summed E-state index contributed by atoms with van der Waals surface area (Å²) in [7, 11) is 0. The zero-order chi connectivity index (χ0) is 12.8. The molecule has 0 aromatic heterocycles. The molecule has 2 aliphatic rings. The molecule has 0 radical (unpaired) electrons. The summed E-state index contributed by atoms with van der Waals surface area (Å²) in [6, 6.07) is 0. The maximum absolute atomic E-state index is 11.8. The number of rotatable bonds is 3. The number of aliphatic carboxylic acids is 1. The zero-order valence-corrected chi connectivity index (χ0v) is 11.5. The van der Waals surface area contributed by atoms with Gasteiger partial charge in [0.1, 0.15) is 0 Å². The lowest BCUT2D eigenvalue weighted by Crippen LogP contribution is -2.43. The largest absolute Gasteiger partial charge is 0.481 e. The molecular weight excluding hydrogens is 226 g/mol. The third-order valence-electron chi connectivity index (χ3n) is 4.74. The molecule has 0 amide bonds. The summed E-state index contributed by atoms with van der Waals surface area (Å²) in [6.45, 7) is 3.01. The predicted molar refractivity (Wildman–Crippen MR) is 72.7 cm³/mol. The van der Waals surface area contributed by atoms with Gasteiger partial charge in [0.05, 0.1) is 5.41 Å². The highest BCUT2D eigenvalue weighted by Gasteiger charge is 2.40. The van der Waals surface area contributed by atoms with E-state index in [0.717, 1.165) is 45.3 Å². The molecule has 0 spiro atoms. The van der Waals surface area contributed by atoms with Crippen molar-refractivity contribution in [2.45, 2.75) is 64.2 Å². The average Bonchev–Trinajstić information content (AvgIpc) is 2.73. The Labute approximate surface area is 111 Å². The summed E-state index contributed by atoms with van der Waals surface area (Å²) in [6.07, 6.45) is 11.5. The summed E-state index contributed by atoms with van der Waals surface area (Å²) < 4.78 is 0. The quantitative estimate of drug-likeness (QED) is 0.785. The number of likely N-dealkylation sites (tertiary alicyclic amines) is 1. The maximum Gasteiger partial charge on any atom is 0.310 e. The zero-order valence-electron chi connectivity index (χ0n) is 11.5. The van der Waals surface area contributed by atoms with E-state index in [2.05, 4.69) is 4.90 Å². The van der Waals surface area contributed by atoms with Gasteiger partial charge in [-0.2, -0.15) is 0 Å². The molecule has 1 N–H and O–H groups in total. The van der Waals surface area contributed by atoms with Gasteiger partial charge in [-0.1, -0.05) is 38.5 Å². The van der Waals surface area contributed by atoms with E-state index in [4.69, 9.17) is 0 Å². The summed E-state index contributed by atoms with van der Waals surface area (Å²) in [5.74, 6) is -0.548. The minimum Gasteiger partial charge on any atom is -0.481 e. The second-order valence-electron chi connectivity index (χ2n) is 6.19. The fraction of sp³-hybridized carbons (Fsp3) is 0.933. The second kappa shape index (κ2) is 6.55. The van der Waals surface area contributed by atoms with E-state index in [1.807, 2.05) is 0 Å². The Balaban J connectivity index is 2.01. The Kier molecular flexibility index (Phi) is 5.04. The fourth-order valence-corrected chi connectivity index (χ4v) is 3.57. The van der Waals surface area contributed by atoms with Gasteiger partial charge >= 0.3 is 5.97 Å². The standard InChI is InChI=1S/C15H27NO2/c17-14(18)15(9-5-1-2-6-10-15)13-16-11-7-3-4-8-12-16/h1-13H2,(H,17,18). The van der Waals surface area contributed by atoms with Crippen LogP contribution in [-0.4, -0.2) is 35.6 Å². The summed E-state index contributed by atoms with van der Waals surface area (Å²) in [5.41, 5.74) is -0.444. The van der Waals surface area contributed by atoms with Crippen LogP contribution in [0.3, 0.4) is 0 Å². The molecule has 0 aromatic carbocycles. The lowest BCUT2D eigenvalue weighted by Gasteiger charge is -2.34. The van der Waals surface area contributed by atoms with Gasteiger partial charge < -0.3 is 10.0 Å². The molecule has 2 rings (SSSR count). The fourth-order valence-electron chi connectivity index (χ4n) is 3.57. The molecule has 0 atom stereocenters. The van der Waals surface area contributed by atoms with Crippen molar-refractivity contribution in [1.29, 1.82) is 0 Å². The maximum atomic E-state index is 11.8. The van der Waals surface area contributed by atoms with Crippen molar-refractivity contribution in [3.8, 4) is 0 Å². The molecule has 3 heteroatoms. The highest BCUT2D eigenvalue weighted by atomic mass is 16.4. The first-order chi connectivity index (χ1) is 8.73. The van der Waals surface area contributed by atoms with E-state index in [1.54, 1.807) is 0 Å². The number of carbonyl (C=O) groups is 1. The van der Waals surface area contributed by atoms with Crippen LogP contribution in [0, 0.1) is 5.41 Å². The molecule has 1 saturated heterocycles. The molecule has 1 saturated carbocycles. The smallest absolute Gasteiger partial charge is 0.310 e. The minimum absolute atomic E-state index is 0.444. The van der Waals surface area contributed by atoms with Gasteiger partial charge in [-0.3, -0.25) is 4.79 Å². The van der Waals surface area contributed by atoms with Crippen LogP contribution in [0.4, 0.5) is 0 Å². The number of hydrogen-bond donors (Lipinski definition) is 1. The Morgan fingerprint density at radius 1 is 0.889 bits per heavy atom. The minimum atomic E-state index is -0.548. The van der Waals surface area contributed by atoms with Crippen LogP contribution >= 0.6 is 0 Å². The van der Waals surface area contributed by atoms with Crippen molar-refractivity contribution in [3.63, 3.8) is 0 Å². The van der Waals surface area contributed by atoms with E-state index in [9.17, 15) is 9.90 Å². The molecule has 1 heterocycles. The third kappa shape index (κ3) is 3.47. The van der Waals surface area contributed by atoms with Gasteiger partial charge in [-0.25, -0.2) is 0 Å². The summed E-state index contributed by atoms with van der Waals surface area (Å²) in [4.78, 5) is 14.2. The monoisotopic (exact) mass is 253 g/mol. The van der Waals surface area contributed by atoms with Crippen molar-refractivity contribution in [2.75, 3.05) is 19.6 Å². The first-order valence-electron chi connectivity index (χ1n) is 7.69. The lowest BCUT2D eigenvalue weighted by atomic mass is 9.80. The van der Waals surface area contributed by atoms with Crippen LogP contribution in [0.15, 0.2) is 0 Å². The Hall–Kier alpha value is -0.570. The van der Waals surface area contributed by atoms with Crippen LogP contribution < -0.4 is 0 Å². The third-order valence-corrected chi connectivity index (χ3v) is 4.74. The van der Waals surface area contributed by atoms with Crippen LogP contribution in [0.5, 0.6) is 0 Å². The number of carboxylic acids is 1. The van der Waals surface area contributed by atoms with Crippen LogP contribution in [-0.2, 0) is 4.79 Å². The Morgan fingerprint density at radius 2 is 1.39 bits per heavy atom. The van der Waals surface area contributed by atoms with Gasteiger partial charge in [0, 0.05) is 6.54 Å². The number of hydrogen-bond acceptors (Lipinski definition) is 2. The van der Waals surface area contributed by atoms with Crippen molar-refractivity contribution >= 4 is 5.97 Å². The van der Waals surface area contributed by atoms with E-state index >= 15 is 0 Å². The highest BCUT2D eigenvalue weighted by molar-refractivity contribution is 5.75. The molecule has 1 aliphatic carbocycles. The number of carboxylic acid groups (broad SMARTS) is 1. The Morgan fingerprint density at radius 3 is 1.89 bits per heavy atom. The molecule has 2 fully saturated rings. The van der Waals surface area contributed by atoms with Gasteiger partial charge in [-0.05, 0) is 38.8 Å². The van der Waals surface area contributed by atoms with Crippen molar-refractivity contribution in [1.82, 2.24) is 4.90 Å². The van der Waals surface area contributed by atoms with Crippen LogP contribution in [0.1, 0.15) is 64.2 Å². The lowest BCUT2D eigenvalue weighted by molar-refractivity contribution is -0.151. The topological polar surface area (TPSA) is 40.5 Å². The predicted octanol–water partition coefficient (Wildman–Crippen LogP) is 3.29. The molecule has 0 bridgehead atoms. The molecule has 3 nitrogen and oxygen atoms in total. The highest BCUT2D eigenvalue weighted by Crippen LogP contribution is 2.36. The molecule has 1 aliphatic heterocycles. The van der Waals surface area contributed by atoms with Gasteiger partial charge in [0.15, 0.2) is 0 Å². The van der Waals surface area contributed by atoms with Gasteiger partial charge in [0.25, 0.3) is 0 Å². The normalized spacial score (nSPS) is 26.2. The molecule has 18 heavy (non-hydrogen) atoms. The first kappa shape index (κ1) is 13.9. The average molecular weight is 253 g/mol. The summed E-state index contributed by atoms with van der Waals surface area (Å²) in [5, 5.41) is 9.69. The van der Waals surface area contributed by atoms with E-state index < -0.39 is 11.4 Å². The Bertz CT molecular complexity index is 262. The second-order valence-corrected chi connectivity index (χ2v) is 6.19. The van der Waals surface area contributed by atoms with E-state index in [1.165, 1.54) is 38.5 Å². The van der Waals surface area contributed by atoms with Crippen molar-refractivity contribution in [2.24, 2.45) is 5.41 Å². The van der Waals surface area contributed by atoms with E-state index in [-0.39, 0.29) is 0 Å². The first-order valence-corrected chi connectivity index (χ1v) is 7.69. The molecule has 0 unspecified atom stereocenters. The van der Waals surface area contributed by atoms with E-state index in [0.29, 0.717) is 0 Å². The van der Waals surface area contributed by atoms with Crippen LogP contribution in [0.2, 0.25) is 0 Å². The van der Waals surface area contributed by atoms with Crippen molar-refractivity contribution in [3.05, 3.63) is 0 Å². The van der Waals surface area contributed by atoms with Crippen LogP contribution in [0.25, 0.3) is 0 Å². The molecular formula is C15H27NO2. The van der Waals surface area contributed by atoms with Gasteiger partial charge in [-0.15, -0.1) is 0 Å². The summed E-state index contributed by atoms with van der Waals surface area (Å²) >= 11 is 0. The SMILES string of the molecule is O=C(O)C1(CN2CCCCCC2)CCCCCC1. The van der Waals surface area contributed by atoms with Gasteiger partial charge in [0.2, 0.25) is 0 Å². The number of nitrogens with zero attached hydrogens (tertiary/aromatic N) is 1. The van der Waals surface area contributed by atoms with Crippen molar-refractivity contribution < 1.29 is 9.90 Å². The molecule has 0 aromatic rings.